The molecule has 1 heterocycles. The quantitative estimate of drug-likeness (QED) is 0.584. The molecule has 3 N–H and O–H groups in total. The maximum Gasteiger partial charge on any atom is 0.281 e. The average molecular weight is 320 g/mol. The Bertz CT molecular complexity index is 664. The molecule has 0 spiro atoms. The van der Waals surface area contributed by atoms with E-state index in [0.29, 0.717) is 15.7 Å². The highest BCUT2D eigenvalue weighted by Gasteiger charge is 2.16. The Hall–Kier alpha value is -1.99. The van der Waals surface area contributed by atoms with Crippen LogP contribution in [0.5, 0.6) is 0 Å². The van der Waals surface area contributed by atoms with Crippen LogP contribution in [0.2, 0.25) is 0 Å². The molecule has 1 amide bonds. The standard InChI is InChI=1S/C14H16N4OS2/c1-8-4-6-10(7-5-8)13-16-9(2)11(21-13)12(19)17-18-14(20)15-3/h4-7H,1-3H3,(H,17,19)(H2,15,18,20). The van der Waals surface area contributed by atoms with Gasteiger partial charge in [-0.3, -0.25) is 15.6 Å². The second kappa shape index (κ2) is 6.64. The van der Waals surface area contributed by atoms with Crippen LogP contribution >= 0.6 is 23.6 Å². The molecule has 0 aliphatic rings. The van der Waals surface area contributed by atoms with Crippen LogP contribution in [0.15, 0.2) is 24.3 Å². The van der Waals surface area contributed by atoms with Crippen LogP contribution in [0.1, 0.15) is 20.9 Å². The van der Waals surface area contributed by atoms with Gasteiger partial charge in [0.05, 0.1) is 5.69 Å². The van der Waals surface area contributed by atoms with Crippen molar-refractivity contribution in [3.8, 4) is 10.6 Å². The van der Waals surface area contributed by atoms with Gasteiger partial charge in [0, 0.05) is 12.6 Å². The van der Waals surface area contributed by atoms with Crippen LogP contribution in [0.4, 0.5) is 0 Å². The normalized spacial score (nSPS) is 10.0. The van der Waals surface area contributed by atoms with Crippen molar-refractivity contribution >= 4 is 34.6 Å². The highest BCUT2D eigenvalue weighted by Crippen LogP contribution is 2.27. The molecule has 7 heteroatoms. The third-order valence-corrected chi connectivity index (χ3v) is 4.33. The minimum absolute atomic E-state index is 0.249. The van der Waals surface area contributed by atoms with Gasteiger partial charge in [-0.25, -0.2) is 4.98 Å². The maximum atomic E-state index is 12.1. The molecule has 2 rings (SSSR count). The lowest BCUT2D eigenvalue weighted by Crippen LogP contribution is -2.45. The highest BCUT2D eigenvalue weighted by molar-refractivity contribution is 7.80. The van der Waals surface area contributed by atoms with Gasteiger partial charge in [-0.15, -0.1) is 11.3 Å². The number of aryl methyl sites for hydroxylation is 2. The molecule has 0 unspecified atom stereocenters. The molecular formula is C14H16N4OS2. The van der Waals surface area contributed by atoms with E-state index in [9.17, 15) is 4.79 Å². The van der Waals surface area contributed by atoms with Crippen molar-refractivity contribution in [3.63, 3.8) is 0 Å². The zero-order chi connectivity index (χ0) is 15.4. The van der Waals surface area contributed by atoms with Gasteiger partial charge in [0.2, 0.25) is 0 Å². The number of nitrogens with one attached hydrogen (secondary N) is 3. The van der Waals surface area contributed by atoms with Crippen LogP contribution in [-0.4, -0.2) is 23.1 Å². The third kappa shape index (κ3) is 3.77. The second-order valence-corrected chi connectivity index (χ2v) is 5.87. The molecule has 5 nitrogen and oxygen atoms in total. The first-order valence-corrected chi connectivity index (χ1v) is 7.56. The summed E-state index contributed by atoms with van der Waals surface area (Å²) in [4.78, 5) is 17.1. The Morgan fingerprint density at radius 3 is 2.48 bits per heavy atom. The van der Waals surface area contributed by atoms with E-state index in [1.807, 2.05) is 38.1 Å². The van der Waals surface area contributed by atoms with Crippen molar-refractivity contribution in [1.82, 2.24) is 21.2 Å². The second-order valence-electron chi connectivity index (χ2n) is 4.46. The van der Waals surface area contributed by atoms with Crippen LogP contribution in [0.3, 0.4) is 0 Å². The number of carbonyl (C=O) groups excluding carboxylic acids is 1. The molecule has 0 bridgehead atoms. The number of benzene rings is 1. The average Bonchev–Trinajstić information content (AvgIpc) is 2.87. The van der Waals surface area contributed by atoms with Crippen LogP contribution < -0.4 is 16.2 Å². The predicted octanol–water partition coefficient (Wildman–Crippen LogP) is 2.17. The number of nitrogens with zero attached hydrogens (tertiary/aromatic N) is 1. The third-order valence-electron chi connectivity index (χ3n) is 2.82. The van der Waals surface area contributed by atoms with E-state index in [0.717, 1.165) is 10.6 Å². The Morgan fingerprint density at radius 2 is 1.86 bits per heavy atom. The number of rotatable bonds is 2. The molecule has 1 aromatic carbocycles. The van der Waals surface area contributed by atoms with Gasteiger partial charge in [0.25, 0.3) is 5.91 Å². The van der Waals surface area contributed by atoms with E-state index in [1.54, 1.807) is 7.05 Å². The Balaban J connectivity index is 2.17. The number of aromatic nitrogens is 1. The number of thiazole rings is 1. The van der Waals surface area contributed by atoms with Crippen molar-refractivity contribution in [2.45, 2.75) is 13.8 Å². The van der Waals surface area contributed by atoms with E-state index in [2.05, 4.69) is 21.2 Å². The molecule has 21 heavy (non-hydrogen) atoms. The zero-order valence-corrected chi connectivity index (χ0v) is 13.6. The lowest BCUT2D eigenvalue weighted by molar-refractivity contribution is 0.0947. The maximum absolute atomic E-state index is 12.1. The first-order valence-electron chi connectivity index (χ1n) is 6.34. The lowest BCUT2D eigenvalue weighted by atomic mass is 10.2. The molecule has 0 aliphatic heterocycles. The van der Waals surface area contributed by atoms with Gasteiger partial charge < -0.3 is 5.32 Å². The van der Waals surface area contributed by atoms with Gasteiger partial charge in [0.15, 0.2) is 5.11 Å². The summed E-state index contributed by atoms with van der Waals surface area (Å²) in [6, 6.07) is 8.06. The Morgan fingerprint density at radius 1 is 1.19 bits per heavy atom. The fraction of sp³-hybridized carbons (Fsp3) is 0.214. The van der Waals surface area contributed by atoms with Gasteiger partial charge in [-0.2, -0.15) is 0 Å². The first-order chi connectivity index (χ1) is 10.0. The number of hydrogen-bond acceptors (Lipinski definition) is 4. The van der Waals surface area contributed by atoms with Crippen LogP contribution in [0, 0.1) is 13.8 Å². The SMILES string of the molecule is CNC(=S)NNC(=O)c1sc(-c2ccc(C)cc2)nc1C. The smallest absolute Gasteiger partial charge is 0.281 e. The minimum atomic E-state index is -0.249. The molecule has 0 aliphatic carbocycles. The van der Waals surface area contributed by atoms with Crippen molar-refractivity contribution in [3.05, 3.63) is 40.4 Å². The molecule has 0 radical (unpaired) electrons. The van der Waals surface area contributed by atoms with Crippen molar-refractivity contribution < 1.29 is 4.79 Å². The summed E-state index contributed by atoms with van der Waals surface area (Å²) in [5.41, 5.74) is 8.05. The number of hydrogen-bond donors (Lipinski definition) is 3. The summed E-state index contributed by atoms with van der Waals surface area (Å²) in [5, 5.41) is 3.89. The van der Waals surface area contributed by atoms with Crippen molar-refractivity contribution in [1.29, 1.82) is 0 Å². The Kier molecular flexibility index (Phi) is 4.87. The fourth-order valence-electron chi connectivity index (χ4n) is 1.66. The first kappa shape index (κ1) is 15.4. The van der Waals surface area contributed by atoms with E-state index in [-0.39, 0.29) is 5.91 Å². The fourth-order valence-corrected chi connectivity index (χ4v) is 2.68. The van der Waals surface area contributed by atoms with E-state index < -0.39 is 0 Å². The zero-order valence-electron chi connectivity index (χ0n) is 12.0. The summed E-state index contributed by atoms with van der Waals surface area (Å²) in [5.74, 6) is -0.249. The lowest BCUT2D eigenvalue weighted by Gasteiger charge is -2.07. The van der Waals surface area contributed by atoms with Gasteiger partial charge >= 0.3 is 0 Å². The molecule has 0 saturated heterocycles. The predicted molar refractivity (Wildman–Crippen MR) is 89.3 cm³/mol. The molecule has 2 aromatic rings. The minimum Gasteiger partial charge on any atom is -0.364 e. The van der Waals surface area contributed by atoms with Gasteiger partial charge in [0.1, 0.15) is 9.88 Å². The Labute approximate surface area is 132 Å². The molecular weight excluding hydrogens is 304 g/mol. The highest BCUT2D eigenvalue weighted by atomic mass is 32.1. The topological polar surface area (TPSA) is 66.0 Å². The molecule has 0 atom stereocenters. The summed E-state index contributed by atoms with van der Waals surface area (Å²) < 4.78 is 0. The number of thiocarbonyl (C=S) groups is 1. The van der Waals surface area contributed by atoms with Gasteiger partial charge in [-0.1, -0.05) is 29.8 Å². The monoisotopic (exact) mass is 320 g/mol. The summed E-state index contributed by atoms with van der Waals surface area (Å²) in [6.45, 7) is 3.85. The van der Waals surface area contributed by atoms with E-state index in [4.69, 9.17) is 12.2 Å². The van der Waals surface area contributed by atoms with Crippen molar-refractivity contribution in [2.24, 2.45) is 0 Å². The molecule has 0 fully saturated rings. The molecule has 0 saturated carbocycles. The van der Waals surface area contributed by atoms with E-state index in [1.165, 1.54) is 16.9 Å². The largest absolute Gasteiger partial charge is 0.364 e. The summed E-state index contributed by atoms with van der Waals surface area (Å²) in [6.07, 6.45) is 0. The van der Waals surface area contributed by atoms with Crippen LogP contribution in [0.25, 0.3) is 10.6 Å². The number of amides is 1. The van der Waals surface area contributed by atoms with Crippen LogP contribution in [-0.2, 0) is 0 Å². The molecule has 110 valence electrons. The molecule has 1 aromatic heterocycles. The van der Waals surface area contributed by atoms with E-state index >= 15 is 0 Å². The number of hydrazine groups is 1. The van der Waals surface area contributed by atoms with Crippen molar-refractivity contribution in [2.75, 3.05) is 7.05 Å². The summed E-state index contributed by atoms with van der Waals surface area (Å²) >= 11 is 6.26. The number of carbonyl (C=O) groups is 1. The summed E-state index contributed by atoms with van der Waals surface area (Å²) in [7, 11) is 1.68. The van der Waals surface area contributed by atoms with Gasteiger partial charge in [-0.05, 0) is 26.1 Å².